The molecule has 1 aromatic heterocycles. The van der Waals surface area contributed by atoms with Gasteiger partial charge in [0.25, 0.3) is 0 Å². The molecule has 1 aliphatic heterocycles. The van der Waals surface area contributed by atoms with Crippen molar-refractivity contribution < 1.29 is 0 Å². The lowest BCUT2D eigenvalue weighted by molar-refractivity contribution is 0.499. The molecule has 0 aliphatic carbocycles. The lowest BCUT2D eigenvalue weighted by Crippen LogP contribution is -2.46. The maximum atomic E-state index is 5.48. The Balaban J connectivity index is 1.50. The van der Waals surface area contributed by atoms with Crippen molar-refractivity contribution >= 4 is 44.0 Å². The van der Waals surface area contributed by atoms with Crippen molar-refractivity contribution in [2.45, 2.75) is 98.1 Å². The molecule has 0 saturated heterocycles. The Labute approximate surface area is 251 Å². The molecule has 4 heteroatoms. The van der Waals surface area contributed by atoms with Crippen LogP contribution in [0.2, 0.25) is 0 Å². The first-order valence-corrected chi connectivity index (χ1v) is 15.4. The summed E-state index contributed by atoms with van der Waals surface area (Å²) < 4.78 is 0. The van der Waals surface area contributed by atoms with E-state index in [0.717, 1.165) is 35.5 Å². The summed E-state index contributed by atoms with van der Waals surface area (Å²) in [7, 11) is 0. The van der Waals surface area contributed by atoms with Gasteiger partial charge in [-0.05, 0) is 68.7 Å². The van der Waals surface area contributed by atoms with Gasteiger partial charge in [0, 0.05) is 33.2 Å². The summed E-state index contributed by atoms with van der Waals surface area (Å²) in [5, 5.41) is 4.87. The second-order valence-electron chi connectivity index (χ2n) is 15.3. The van der Waals surface area contributed by atoms with Gasteiger partial charge in [0.2, 0.25) is 0 Å². The third kappa shape index (κ3) is 4.79. The van der Waals surface area contributed by atoms with Crippen molar-refractivity contribution in [3.05, 3.63) is 83.7 Å². The van der Waals surface area contributed by atoms with Crippen LogP contribution in [0.5, 0.6) is 0 Å². The van der Waals surface area contributed by atoms with E-state index in [9.17, 15) is 0 Å². The maximum Gasteiger partial charge on any atom is 0.0975 e. The quantitative estimate of drug-likeness (QED) is 0.206. The van der Waals surface area contributed by atoms with Crippen LogP contribution in [0.3, 0.4) is 0 Å². The minimum absolute atomic E-state index is 0.0584. The van der Waals surface area contributed by atoms with E-state index in [-0.39, 0.29) is 16.4 Å². The largest absolute Gasteiger partial charge is 0.349 e. The highest BCUT2D eigenvalue weighted by atomic mass is 15.4. The van der Waals surface area contributed by atoms with Crippen molar-refractivity contribution in [2.24, 2.45) is 0 Å². The zero-order chi connectivity index (χ0) is 30.2. The van der Waals surface area contributed by atoms with Gasteiger partial charge in [0.15, 0.2) is 0 Å². The van der Waals surface area contributed by atoms with Gasteiger partial charge in [-0.3, -0.25) is 0 Å². The first-order valence-electron chi connectivity index (χ1n) is 15.4. The topological polar surface area (TPSA) is 32.3 Å². The molecule has 0 spiro atoms. The number of nitrogens with zero attached hydrogens (tertiary/aromatic N) is 4. The van der Waals surface area contributed by atoms with Crippen LogP contribution in [0.25, 0.3) is 32.6 Å². The Bertz CT molecular complexity index is 1810. The predicted molar refractivity (Wildman–Crippen MR) is 181 cm³/mol. The van der Waals surface area contributed by atoms with Crippen molar-refractivity contribution in [3.8, 4) is 0 Å². The molecule has 6 rings (SSSR count). The van der Waals surface area contributed by atoms with Gasteiger partial charge in [-0.1, -0.05) is 90.1 Å². The molecule has 4 nitrogen and oxygen atoms in total. The third-order valence-corrected chi connectivity index (χ3v) is 8.78. The predicted octanol–water partition coefficient (Wildman–Crippen LogP) is 9.54. The van der Waals surface area contributed by atoms with Gasteiger partial charge in [-0.25, -0.2) is 9.97 Å². The molecular formula is C38H46N4. The molecule has 42 heavy (non-hydrogen) atoms. The number of hydrogen-bond donors (Lipinski definition) is 0. The summed E-state index contributed by atoms with van der Waals surface area (Å²) in [6.07, 6.45) is 0.955. The Morgan fingerprint density at radius 2 is 1.17 bits per heavy atom. The molecule has 0 saturated carbocycles. The van der Waals surface area contributed by atoms with Crippen molar-refractivity contribution in [1.82, 2.24) is 9.97 Å². The lowest BCUT2D eigenvalue weighted by Gasteiger charge is -2.35. The summed E-state index contributed by atoms with van der Waals surface area (Å²) in [5.41, 5.74) is 8.03. The summed E-state index contributed by atoms with van der Waals surface area (Å²) in [6.45, 7) is 23.7. The molecule has 1 atom stereocenters. The minimum atomic E-state index is -0.115. The number of hydrogen-bond acceptors (Lipinski definition) is 4. The Morgan fingerprint density at radius 3 is 1.76 bits per heavy atom. The van der Waals surface area contributed by atoms with E-state index in [1.54, 1.807) is 0 Å². The molecule has 218 valence electrons. The van der Waals surface area contributed by atoms with Crippen LogP contribution in [-0.4, -0.2) is 28.2 Å². The lowest BCUT2D eigenvalue weighted by atomic mass is 9.81. The van der Waals surface area contributed by atoms with Crippen molar-refractivity contribution in [2.75, 3.05) is 16.5 Å². The molecule has 0 fully saturated rings. The molecule has 0 radical (unpaired) electrons. The summed E-state index contributed by atoms with van der Waals surface area (Å²) >= 11 is 0. The van der Waals surface area contributed by atoms with Gasteiger partial charge in [-0.15, -0.1) is 0 Å². The smallest absolute Gasteiger partial charge is 0.0975 e. The Morgan fingerprint density at radius 1 is 0.643 bits per heavy atom. The molecule has 1 unspecified atom stereocenters. The highest BCUT2D eigenvalue weighted by Crippen LogP contribution is 2.42. The van der Waals surface area contributed by atoms with E-state index in [4.69, 9.17) is 9.97 Å². The zero-order valence-corrected chi connectivity index (χ0v) is 27.1. The fourth-order valence-corrected chi connectivity index (χ4v) is 6.57. The standard InChI is InChI=1S/C38H46N4/c1-24(41-23-42(38(8,9)10)31-18-14-13-17-30(31)41)21-25-19-20-27-26-15-11-12-16-28(26)32-33(29(27)22-25)40-35(37(5,6)7)34(39-32)36(2,3)4/h11-20,22,24H,21,23H2,1-10H3. The van der Waals surface area contributed by atoms with Crippen LogP contribution in [0.1, 0.15) is 86.2 Å². The average molecular weight is 559 g/mol. The van der Waals surface area contributed by atoms with Crippen LogP contribution in [-0.2, 0) is 17.3 Å². The van der Waals surface area contributed by atoms with Gasteiger partial charge in [0.1, 0.15) is 0 Å². The molecule has 5 aromatic rings. The average Bonchev–Trinajstić information content (AvgIpc) is 3.32. The summed E-state index contributed by atoms with van der Waals surface area (Å²) in [6, 6.07) is 24.9. The number of aromatic nitrogens is 2. The van der Waals surface area contributed by atoms with Gasteiger partial charge < -0.3 is 9.80 Å². The van der Waals surface area contributed by atoms with Crippen molar-refractivity contribution in [3.63, 3.8) is 0 Å². The first-order chi connectivity index (χ1) is 19.6. The summed E-state index contributed by atoms with van der Waals surface area (Å²) in [5.74, 6) is 0. The highest BCUT2D eigenvalue weighted by Gasteiger charge is 2.35. The molecule has 0 bridgehead atoms. The van der Waals surface area contributed by atoms with E-state index in [0.29, 0.717) is 6.04 Å². The van der Waals surface area contributed by atoms with Crippen LogP contribution in [0, 0.1) is 0 Å². The molecule has 1 aliphatic rings. The van der Waals surface area contributed by atoms with Gasteiger partial charge in [0.05, 0.1) is 40.5 Å². The fourth-order valence-electron chi connectivity index (χ4n) is 6.57. The molecule has 0 N–H and O–H groups in total. The second-order valence-corrected chi connectivity index (χ2v) is 15.3. The second kappa shape index (κ2) is 9.69. The number of fused-ring (bicyclic) bond motifs is 7. The van der Waals surface area contributed by atoms with E-state index in [1.165, 1.54) is 38.5 Å². The Hall–Kier alpha value is -3.66. The number of benzene rings is 4. The molecule has 2 heterocycles. The number of anilines is 2. The number of rotatable bonds is 3. The van der Waals surface area contributed by atoms with Crippen molar-refractivity contribution in [1.29, 1.82) is 0 Å². The number of para-hydroxylation sites is 2. The summed E-state index contributed by atoms with van der Waals surface area (Å²) in [4.78, 5) is 16.0. The normalized spacial score (nSPS) is 15.2. The molecular weight excluding hydrogens is 512 g/mol. The molecule has 4 aromatic carbocycles. The van der Waals surface area contributed by atoms with E-state index < -0.39 is 0 Å². The third-order valence-electron chi connectivity index (χ3n) is 8.78. The van der Waals surface area contributed by atoms with Crippen LogP contribution < -0.4 is 9.80 Å². The van der Waals surface area contributed by atoms with Crippen LogP contribution in [0.4, 0.5) is 11.4 Å². The Kier molecular flexibility index (Phi) is 6.57. The zero-order valence-electron chi connectivity index (χ0n) is 27.1. The monoisotopic (exact) mass is 558 g/mol. The van der Waals surface area contributed by atoms with E-state index in [2.05, 4.69) is 146 Å². The fraction of sp³-hybridized carbons (Fsp3) is 0.421. The van der Waals surface area contributed by atoms with Crippen LogP contribution >= 0.6 is 0 Å². The maximum absolute atomic E-state index is 5.48. The van der Waals surface area contributed by atoms with Crippen LogP contribution in [0.15, 0.2) is 66.7 Å². The van der Waals surface area contributed by atoms with E-state index in [1.807, 2.05) is 0 Å². The SMILES string of the molecule is CC(Cc1ccc2c3ccccc3c3nc(C(C)(C)C)c(C(C)(C)C)nc3c2c1)N1CN(C(C)(C)C)c2ccccc21. The molecule has 0 amide bonds. The minimum Gasteiger partial charge on any atom is -0.349 e. The van der Waals surface area contributed by atoms with Gasteiger partial charge >= 0.3 is 0 Å². The van der Waals surface area contributed by atoms with E-state index >= 15 is 0 Å². The highest BCUT2D eigenvalue weighted by molar-refractivity contribution is 6.23. The van der Waals surface area contributed by atoms with Gasteiger partial charge in [-0.2, -0.15) is 0 Å². The first kappa shape index (κ1) is 28.5.